The van der Waals surface area contributed by atoms with Gasteiger partial charge in [-0.1, -0.05) is 23.2 Å². The molecular weight excluding hydrogens is 405 g/mol. The lowest BCUT2D eigenvalue weighted by Gasteiger charge is -2.19. The van der Waals surface area contributed by atoms with E-state index in [1.54, 1.807) is 42.5 Å². The van der Waals surface area contributed by atoms with Gasteiger partial charge < -0.3 is 14.8 Å². The summed E-state index contributed by atoms with van der Waals surface area (Å²) in [5, 5.41) is 6.72. The van der Waals surface area contributed by atoms with Crippen LogP contribution in [0.25, 0.3) is 5.69 Å². The lowest BCUT2D eigenvalue weighted by Crippen LogP contribution is -2.21. The molecule has 0 bridgehead atoms. The molecule has 1 aliphatic heterocycles. The number of anilines is 1. The Kier molecular flexibility index (Phi) is 4.93. The van der Waals surface area contributed by atoms with E-state index in [4.69, 9.17) is 32.7 Å². The molecule has 0 saturated heterocycles. The molecule has 1 aliphatic rings. The van der Waals surface area contributed by atoms with Gasteiger partial charge in [-0.2, -0.15) is 9.78 Å². The van der Waals surface area contributed by atoms with Gasteiger partial charge in [0.25, 0.3) is 11.5 Å². The van der Waals surface area contributed by atoms with Crippen LogP contribution in [0.15, 0.2) is 53.5 Å². The van der Waals surface area contributed by atoms with Crippen molar-refractivity contribution in [3.8, 4) is 17.2 Å². The smallest absolute Gasteiger partial charge is 0.291 e. The number of carbonyl (C=O) groups is 1. The van der Waals surface area contributed by atoms with E-state index in [9.17, 15) is 9.59 Å². The van der Waals surface area contributed by atoms with E-state index in [-0.39, 0.29) is 16.0 Å². The number of ether oxygens (including phenoxy) is 2. The maximum absolute atomic E-state index is 12.5. The SMILES string of the molecule is O=C(Nc1ccc2c(c1)OCCO2)c1ccc(-n2ncc(Cl)c(Cl)c2=O)cc1. The molecule has 0 fully saturated rings. The average molecular weight is 418 g/mol. The van der Waals surface area contributed by atoms with Crippen LogP contribution in [0.4, 0.5) is 5.69 Å². The number of halogens is 2. The molecule has 0 atom stereocenters. The molecule has 2 heterocycles. The summed E-state index contributed by atoms with van der Waals surface area (Å²) in [4.78, 5) is 24.6. The molecule has 142 valence electrons. The number of aromatic nitrogens is 2. The maximum atomic E-state index is 12.5. The van der Waals surface area contributed by atoms with Gasteiger partial charge in [-0.25, -0.2) is 0 Å². The summed E-state index contributed by atoms with van der Waals surface area (Å²) in [6.07, 6.45) is 1.29. The van der Waals surface area contributed by atoms with E-state index in [0.717, 1.165) is 4.68 Å². The van der Waals surface area contributed by atoms with Crippen molar-refractivity contribution in [1.82, 2.24) is 9.78 Å². The van der Waals surface area contributed by atoms with Crippen molar-refractivity contribution < 1.29 is 14.3 Å². The number of amides is 1. The quantitative estimate of drug-likeness (QED) is 0.704. The van der Waals surface area contributed by atoms with E-state index in [1.807, 2.05) is 0 Å². The summed E-state index contributed by atoms with van der Waals surface area (Å²) in [6.45, 7) is 0.968. The minimum absolute atomic E-state index is 0.0818. The molecule has 4 rings (SSSR count). The highest BCUT2D eigenvalue weighted by Gasteiger charge is 2.14. The largest absolute Gasteiger partial charge is 0.486 e. The first-order chi connectivity index (χ1) is 13.5. The summed E-state index contributed by atoms with van der Waals surface area (Å²) in [7, 11) is 0. The first-order valence-electron chi connectivity index (χ1n) is 8.28. The topological polar surface area (TPSA) is 82.4 Å². The summed E-state index contributed by atoms with van der Waals surface area (Å²) in [5.74, 6) is 0.926. The lowest BCUT2D eigenvalue weighted by atomic mass is 10.2. The standard InChI is InChI=1S/C19H13Cl2N3O4/c20-14-10-22-24(19(26)17(14)21)13-4-1-11(2-5-13)18(25)23-12-3-6-15-16(9-12)28-8-7-27-15/h1-6,9-10H,7-8H2,(H,23,25). The molecular formula is C19H13Cl2N3O4. The van der Waals surface area contributed by atoms with Gasteiger partial charge in [0.05, 0.1) is 16.9 Å². The molecule has 0 spiro atoms. The Labute approximate surface area is 169 Å². The molecule has 1 N–H and O–H groups in total. The highest BCUT2D eigenvalue weighted by Crippen LogP contribution is 2.32. The number of hydrogen-bond acceptors (Lipinski definition) is 5. The van der Waals surface area contributed by atoms with Crippen LogP contribution in [-0.4, -0.2) is 28.9 Å². The normalized spacial score (nSPS) is 12.5. The molecule has 1 aromatic heterocycles. The molecule has 0 aliphatic carbocycles. The molecule has 0 radical (unpaired) electrons. The van der Waals surface area contributed by atoms with Crippen LogP contribution in [0.1, 0.15) is 10.4 Å². The fourth-order valence-electron chi connectivity index (χ4n) is 2.67. The average Bonchev–Trinajstić information content (AvgIpc) is 2.72. The van der Waals surface area contributed by atoms with Gasteiger partial charge in [0, 0.05) is 17.3 Å². The first-order valence-corrected chi connectivity index (χ1v) is 9.03. The van der Waals surface area contributed by atoms with Gasteiger partial charge in [-0.15, -0.1) is 0 Å². The Morgan fingerprint density at radius 2 is 1.75 bits per heavy atom. The Balaban J connectivity index is 1.53. The van der Waals surface area contributed by atoms with Crippen molar-refractivity contribution in [2.45, 2.75) is 0 Å². The van der Waals surface area contributed by atoms with Crippen molar-refractivity contribution >= 4 is 34.8 Å². The van der Waals surface area contributed by atoms with E-state index in [2.05, 4.69) is 10.4 Å². The Morgan fingerprint density at radius 1 is 1.04 bits per heavy atom. The second-order valence-corrected chi connectivity index (χ2v) is 6.67. The molecule has 28 heavy (non-hydrogen) atoms. The Bertz CT molecular complexity index is 1110. The van der Waals surface area contributed by atoms with Crippen molar-refractivity contribution in [3.63, 3.8) is 0 Å². The number of carbonyl (C=O) groups excluding carboxylic acids is 1. The molecule has 3 aromatic rings. The molecule has 0 unspecified atom stereocenters. The van der Waals surface area contributed by atoms with E-state index in [0.29, 0.717) is 41.7 Å². The maximum Gasteiger partial charge on any atom is 0.291 e. The minimum atomic E-state index is -0.539. The second-order valence-electron chi connectivity index (χ2n) is 5.88. The van der Waals surface area contributed by atoms with Crippen LogP contribution in [0.2, 0.25) is 10.0 Å². The van der Waals surface area contributed by atoms with E-state index in [1.165, 1.54) is 6.20 Å². The fraction of sp³-hybridized carbons (Fsp3) is 0.105. The van der Waals surface area contributed by atoms with E-state index < -0.39 is 5.56 Å². The molecule has 0 saturated carbocycles. The zero-order chi connectivity index (χ0) is 19.7. The van der Waals surface area contributed by atoms with Crippen molar-refractivity contribution in [1.29, 1.82) is 0 Å². The third kappa shape index (κ3) is 3.54. The van der Waals surface area contributed by atoms with E-state index >= 15 is 0 Å². The van der Waals surface area contributed by atoms with Crippen molar-refractivity contribution in [2.75, 3.05) is 18.5 Å². The van der Waals surface area contributed by atoms with Gasteiger partial charge in [-0.3, -0.25) is 9.59 Å². The lowest BCUT2D eigenvalue weighted by molar-refractivity contribution is 0.102. The first kappa shape index (κ1) is 18.3. The highest BCUT2D eigenvalue weighted by atomic mass is 35.5. The second kappa shape index (κ2) is 7.53. The number of rotatable bonds is 3. The predicted octanol–water partition coefficient (Wildman–Crippen LogP) is 3.56. The van der Waals surface area contributed by atoms with Crippen LogP contribution >= 0.6 is 23.2 Å². The summed E-state index contributed by atoms with van der Waals surface area (Å²) in [5.41, 5.74) is 0.912. The summed E-state index contributed by atoms with van der Waals surface area (Å²) >= 11 is 11.7. The minimum Gasteiger partial charge on any atom is -0.486 e. The number of nitrogens with zero attached hydrogens (tertiary/aromatic N) is 2. The molecule has 7 nitrogen and oxygen atoms in total. The zero-order valence-corrected chi connectivity index (χ0v) is 15.8. The van der Waals surface area contributed by atoms with Crippen LogP contribution in [0, 0.1) is 0 Å². The fourth-order valence-corrected chi connectivity index (χ4v) is 2.93. The van der Waals surface area contributed by atoms with Crippen LogP contribution in [0.3, 0.4) is 0 Å². The number of hydrogen-bond donors (Lipinski definition) is 1. The third-order valence-corrected chi connectivity index (χ3v) is 4.80. The Hall–Kier alpha value is -3.03. The molecule has 9 heteroatoms. The monoisotopic (exact) mass is 417 g/mol. The summed E-state index contributed by atoms with van der Waals surface area (Å²) < 4.78 is 12.1. The van der Waals surface area contributed by atoms with Gasteiger partial charge in [-0.05, 0) is 36.4 Å². The van der Waals surface area contributed by atoms with Gasteiger partial charge in [0.1, 0.15) is 18.2 Å². The number of nitrogens with one attached hydrogen (secondary N) is 1. The Morgan fingerprint density at radius 3 is 2.50 bits per heavy atom. The number of fused-ring (bicyclic) bond motifs is 1. The van der Waals surface area contributed by atoms with Crippen LogP contribution < -0.4 is 20.3 Å². The third-order valence-electron chi connectivity index (χ3n) is 4.05. The summed E-state index contributed by atoms with van der Waals surface area (Å²) in [6, 6.07) is 11.5. The van der Waals surface area contributed by atoms with Gasteiger partial charge >= 0.3 is 0 Å². The van der Waals surface area contributed by atoms with Crippen molar-refractivity contribution in [2.24, 2.45) is 0 Å². The molecule has 1 amide bonds. The van der Waals surface area contributed by atoms with Crippen LogP contribution in [0.5, 0.6) is 11.5 Å². The van der Waals surface area contributed by atoms with Crippen molar-refractivity contribution in [3.05, 3.63) is 74.6 Å². The predicted molar refractivity (Wildman–Crippen MR) is 105 cm³/mol. The number of benzene rings is 2. The highest BCUT2D eigenvalue weighted by molar-refractivity contribution is 6.41. The molecule has 2 aromatic carbocycles. The zero-order valence-electron chi connectivity index (χ0n) is 14.3. The van der Waals surface area contributed by atoms with Gasteiger partial charge in [0.2, 0.25) is 0 Å². The van der Waals surface area contributed by atoms with Gasteiger partial charge in [0.15, 0.2) is 11.5 Å². The van der Waals surface area contributed by atoms with Crippen LogP contribution in [-0.2, 0) is 0 Å².